The molecule has 2 aliphatic rings. The number of pyridine rings is 2. The largest absolute Gasteiger partial charge is 0.494 e. The number of methoxy groups -OCH3 is 1. The summed E-state index contributed by atoms with van der Waals surface area (Å²) in [4.78, 5) is 21.5. The van der Waals surface area contributed by atoms with Gasteiger partial charge in [0.2, 0.25) is 5.13 Å². The number of anilines is 1. The van der Waals surface area contributed by atoms with Crippen LogP contribution < -0.4 is 14.8 Å². The van der Waals surface area contributed by atoms with Gasteiger partial charge in [-0.25, -0.2) is 4.98 Å². The molecule has 0 aromatic carbocycles. The number of hydrogen-bond donors (Lipinski definition) is 2. The molecule has 2 saturated carbocycles. The molecule has 0 spiro atoms. The molecule has 34 heavy (non-hydrogen) atoms. The number of ether oxygens (including phenoxy) is 2. The van der Waals surface area contributed by atoms with E-state index in [-0.39, 0.29) is 10.6 Å². The van der Waals surface area contributed by atoms with E-state index in [1.54, 1.807) is 12.1 Å². The third-order valence-corrected chi connectivity index (χ3v) is 7.66. The number of aliphatic hydroxyl groups is 1. The van der Waals surface area contributed by atoms with Crippen LogP contribution in [-0.4, -0.2) is 50.5 Å². The summed E-state index contributed by atoms with van der Waals surface area (Å²) < 4.78 is 11.3. The van der Waals surface area contributed by atoms with Gasteiger partial charge in [0.1, 0.15) is 10.9 Å². The van der Waals surface area contributed by atoms with Gasteiger partial charge >= 0.3 is 0 Å². The summed E-state index contributed by atoms with van der Waals surface area (Å²) in [6.45, 7) is 2.33. The lowest BCUT2D eigenvalue weighted by Gasteiger charge is -2.25. The number of nitrogens with one attached hydrogen (secondary N) is 1. The van der Waals surface area contributed by atoms with E-state index in [0.717, 1.165) is 49.1 Å². The summed E-state index contributed by atoms with van der Waals surface area (Å²) in [5, 5.41) is 22.3. The molecule has 2 bridgehead atoms. The maximum Gasteiger partial charge on any atom is 0.295 e. The molecule has 178 valence electrons. The zero-order valence-electron chi connectivity index (χ0n) is 18.8. The predicted octanol–water partition coefficient (Wildman–Crippen LogP) is 4.29. The van der Waals surface area contributed by atoms with Crippen molar-refractivity contribution in [2.24, 2.45) is 5.41 Å². The van der Waals surface area contributed by atoms with Crippen molar-refractivity contribution in [3.8, 4) is 22.1 Å². The molecule has 0 atom stereocenters. The molecule has 3 heterocycles. The fraction of sp³-hybridized carbons (Fsp3) is 0.435. The van der Waals surface area contributed by atoms with Gasteiger partial charge in [-0.2, -0.15) is 0 Å². The van der Waals surface area contributed by atoms with Crippen molar-refractivity contribution in [1.82, 2.24) is 20.2 Å². The molecule has 3 aromatic rings. The smallest absolute Gasteiger partial charge is 0.295 e. The van der Waals surface area contributed by atoms with Crippen molar-refractivity contribution in [1.29, 1.82) is 0 Å². The Morgan fingerprint density at radius 1 is 1.18 bits per heavy atom. The molecular weight excluding hydrogens is 478 g/mol. The molecule has 2 fully saturated rings. The second-order valence-corrected chi connectivity index (χ2v) is 10.4. The van der Waals surface area contributed by atoms with Crippen molar-refractivity contribution in [3.63, 3.8) is 0 Å². The van der Waals surface area contributed by atoms with Crippen LogP contribution in [0.1, 0.15) is 48.2 Å². The van der Waals surface area contributed by atoms with E-state index >= 15 is 0 Å². The first-order valence-corrected chi connectivity index (χ1v) is 12.1. The SMILES string of the molecule is COc1cnc(Cl)cc1-c1cc(C)ncc1C(=O)Nc1nnc(OCC23CCC(O)(CC2)C3)s1. The number of amides is 1. The average Bonchev–Trinajstić information content (AvgIpc) is 3.50. The molecule has 9 nitrogen and oxygen atoms in total. The van der Waals surface area contributed by atoms with Crippen molar-refractivity contribution in [3.05, 3.63) is 40.9 Å². The van der Waals surface area contributed by atoms with Gasteiger partial charge in [-0.05, 0) is 62.5 Å². The molecule has 5 rings (SSSR count). The maximum atomic E-state index is 13.1. The highest BCUT2D eigenvalue weighted by Gasteiger charge is 2.53. The van der Waals surface area contributed by atoms with E-state index in [4.69, 9.17) is 21.1 Å². The first-order valence-electron chi connectivity index (χ1n) is 10.9. The summed E-state index contributed by atoms with van der Waals surface area (Å²) in [5.41, 5.74) is 1.80. The van der Waals surface area contributed by atoms with Gasteiger partial charge in [-0.1, -0.05) is 16.7 Å². The molecule has 0 unspecified atom stereocenters. The van der Waals surface area contributed by atoms with E-state index in [1.165, 1.54) is 19.5 Å². The average molecular weight is 502 g/mol. The Kier molecular flexibility index (Phi) is 5.91. The lowest BCUT2D eigenvalue weighted by atomic mass is 9.85. The van der Waals surface area contributed by atoms with Crippen LogP contribution in [0.25, 0.3) is 11.1 Å². The molecule has 2 N–H and O–H groups in total. The molecule has 3 aromatic heterocycles. The van der Waals surface area contributed by atoms with Crippen LogP contribution in [0.5, 0.6) is 10.9 Å². The highest BCUT2D eigenvalue weighted by molar-refractivity contribution is 7.17. The Hall–Kier alpha value is -2.82. The first kappa shape index (κ1) is 22.9. The molecular formula is C23H24ClN5O4S. The van der Waals surface area contributed by atoms with Crippen molar-refractivity contribution < 1.29 is 19.4 Å². The summed E-state index contributed by atoms with van der Waals surface area (Å²) in [7, 11) is 1.53. The number of carbonyl (C=O) groups is 1. The van der Waals surface area contributed by atoms with Crippen molar-refractivity contribution >= 4 is 34.0 Å². The number of rotatable bonds is 7. The standard InChI is InChI=1S/C23H24ClN5O4S/c1-13-7-14(15-8-18(24)26-10-17(15)32-2)16(9-25-13)19(30)27-20-28-29-21(34-20)33-12-22-3-5-23(31,11-22)6-4-22/h7-10,31H,3-6,11-12H2,1-2H3,(H,27,28,30). The van der Waals surface area contributed by atoms with E-state index < -0.39 is 11.5 Å². The van der Waals surface area contributed by atoms with Crippen LogP contribution in [0.15, 0.2) is 24.5 Å². The number of carbonyl (C=O) groups excluding carboxylic acids is 1. The minimum Gasteiger partial charge on any atom is -0.494 e. The van der Waals surface area contributed by atoms with Crippen LogP contribution in [0.2, 0.25) is 5.15 Å². The first-order chi connectivity index (χ1) is 16.3. The fourth-order valence-electron chi connectivity index (χ4n) is 4.94. The Bertz CT molecular complexity index is 1240. The van der Waals surface area contributed by atoms with Crippen molar-refractivity contribution in [2.45, 2.75) is 44.6 Å². The second kappa shape index (κ2) is 8.75. The number of hydrogen-bond acceptors (Lipinski definition) is 9. The quantitative estimate of drug-likeness (QED) is 0.460. The van der Waals surface area contributed by atoms with E-state index in [2.05, 4.69) is 25.5 Å². The van der Waals surface area contributed by atoms with Gasteiger partial charge in [0, 0.05) is 28.4 Å². The van der Waals surface area contributed by atoms with Gasteiger partial charge in [0.15, 0.2) is 0 Å². The van der Waals surface area contributed by atoms with Crippen molar-refractivity contribution in [2.75, 3.05) is 19.0 Å². The molecule has 1 amide bonds. The number of fused-ring (bicyclic) bond motifs is 2. The molecule has 11 heteroatoms. The molecule has 0 aliphatic heterocycles. The monoisotopic (exact) mass is 501 g/mol. The molecule has 2 aliphatic carbocycles. The van der Waals surface area contributed by atoms with Crippen LogP contribution in [0.4, 0.5) is 5.13 Å². The zero-order valence-corrected chi connectivity index (χ0v) is 20.4. The van der Waals surface area contributed by atoms with Crippen LogP contribution >= 0.6 is 22.9 Å². The second-order valence-electron chi connectivity index (χ2n) is 9.10. The maximum absolute atomic E-state index is 13.1. The number of aromatic nitrogens is 4. The van der Waals surface area contributed by atoms with Crippen LogP contribution in [0.3, 0.4) is 0 Å². The topological polar surface area (TPSA) is 119 Å². The van der Waals surface area contributed by atoms with Gasteiger partial charge in [-0.15, -0.1) is 5.10 Å². The lowest BCUT2D eigenvalue weighted by Crippen LogP contribution is -2.23. The Morgan fingerprint density at radius 2 is 1.97 bits per heavy atom. The third kappa shape index (κ3) is 4.45. The Balaban J connectivity index is 1.32. The normalized spacial score (nSPS) is 23.2. The Labute approximate surface area is 205 Å². The van der Waals surface area contributed by atoms with Crippen LogP contribution in [-0.2, 0) is 0 Å². The van der Waals surface area contributed by atoms with Gasteiger partial charge in [-0.3, -0.25) is 15.1 Å². The highest BCUT2D eigenvalue weighted by atomic mass is 35.5. The highest BCUT2D eigenvalue weighted by Crippen LogP contribution is 2.56. The molecule has 0 radical (unpaired) electrons. The summed E-state index contributed by atoms with van der Waals surface area (Å²) >= 11 is 7.27. The fourth-order valence-corrected chi connectivity index (χ4v) is 5.69. The van der Waals surface area contributed by atoms with Gasteiger partial charge in [0.05, 0.1) is 31.1 Å². The Morgan fingerprint density at radius 3 is 2.68 bits per heavy atom. The molecule has 0 saturated heterocycles. The minimum atomic E-state index is -0.523. The summed E-state index contributed by atoms with van der Waals surface area (Å²) in [6.07, 6.45) is 7.36. The lowest BCUT2D eigenvalue weighted by molar-refractivity contribution is 0.0520. The predicted molar refractivity (Wildman–Crippen MR) is 128 cm³/mol. The van der Waals surface area contributed by atoms with E-state index in [9.17, 15) is 9.90 Å². The van der Waals surface area contributed by atoms with E-state index in [1.807, 2.05) is 6.92 Å². The van der Waals surface area contributed by atoms with E-state index in [0.29, 0.717) is 39.4 Å². The summed E-state index contributed by atoms with van der Waals surface area (Å²) in [6, 6.07) is 3.44. The van der Waals surface area contributed by atoms with Gasteiger partial charge < -0.3 is 14.6 Å². The number of aryl methyl sites for hydroxylation is 1. The minimum absolute atomic E-state index is 0.0111. The summed E-state index contributed by atoms with van der Waals surface area (Å²) in [5.74, 6) is 0.0937. The number of nitrogens with zero attached hydrogens (tertiary/aromatic N) is 4. The third-order valence-electron chi connectivity index (χ3n) is 6.70. The van der Waals surface area contributed by atoms with Gasteiger partial charge in [0.25, 0.3) is 11.1 Å². The van der Waals surface area contributed by atoms with Crippen LogP contribution in [0, 0.1) is 12.3 Å². The zero-order chi connectivity index (χ0) is 23.9. The number of halogens is 1.